The lowest BCUT2D eigenvalue weighted by Gasteiger charge is -2.38. The third kappa shape index (κ3) is 3.85. The number of methoxy groups -OCH3 is 2. The molecule has 22 heavy (non-hydrogen) atoms. The summed E-state index contributed by atoms with van der Waals surface area (Å²) in [5.74, 6) is 0. The molecular weight excluding hydrogens is 308 g/mol. The van der Waals surface area contributed by atoms with Gasteiger partial charge in [-0.15, -0.1) is 0 Å². The van der Waals surface area contributed by atoms with Crippen molar-refractivity contribution in [3.8, 4) is 0 Å². The summed E-state index contributed by atoms with van der Waals surface area (Å²) < 4.78 is 46.3. The molecule has 1 aromatic rings. The lowest BCUT2D eigenvalue weighted by Crippen LogP contribution is -2.50. The van der Waals surface area contributed by atoms with Crippen molar-refractivity contribution in [3.05, 3.63) is 29.8 Å². The molecule has 1 aliphatic heterocycles. The Hall–Kier alpha value is -0.990. The Morgan fingerprint density at radius 2 is 1.77 bits per heavy atom. The minimum absolute atomic E-state index is 0.119. The van der Waals surface area contributed by atoms with Crippen LogP contribution in [0.5, 0.6) is 0 Å². The topological polar surface area (TPSA) is 71.1 Å². The minimum Gasteiger partial charge on any atom is -0.378 e. The van der Waals surface area contributed by atoms with Gasteiger partial charge in [-0.1, -0.05) is 17.7 Å². The fourth-order valence-electron chi connectivity index (χ4n) is 2.43. The van der Waals surface area contributed by atoms with Crippen LogP contribution in [0.3, 0.4) is 0 Å². The average Bonchev–Trinajstić information content (AvgIpc) is 2.49. The van der Waals surface area contributed by atoms with Gasteiger partial charge in [-0.2, -0.15) is 8.42 Å². The molecule has 0 bridgehead atoms. The van der Waals surface area contributed by atoms with Gasteiger partial charge < -0.3 is 14.2 Å². The highest BCUT2D eigenvalue weighted by Crippen LogP contribution is 2.28. The molecule has 4 atom stereocenters. The van der Waals surface area contributed by atoms with Gasteiger partial charge in [0.05, 0.1) is 17.1 Å². The van der Waals surface area contributed by atoms with Gasteiger partial charge >= 0.3 is 0 Å². The first kappa shape index (κ1) is 17.4. The van der Waals surface area contributed by atoms with Crippen LogP contribution in [0.1, 0.15) is 18.9 Å². The number of hydrogen-bond acceptors (Lipinski definition) is 6. The summed E-state index contributed by atoms with van der Waals surface area (Å²) in [5.41, 5.74) is 0.978. The molecule has 0 aliphatic carbocycles. The lowest BCUT2D eigenvalue weighted by molar-refractivity contribution is -0.235. The molecule has 124 valence electrons. The molecule has 0 amide bonds. The molecule has 6 nitrogen and oxygen atoms in total. The second-order valence-corrected chi connectivity index (χ2v) is 6.92. The number of aryl methyl sites for hydroxylation is 1. The molecule has 0 unspecified atom stereocenters. The van der Waals surface area contributed by atoms with E-state index in [0.29, 0.717) is 6.42 Å². The molecular formula is C15H22O6S. The maximum atomic E-state index is 12.4. The number of ether oxygens (including phenoxy) is 3. The molecule has 0 saturated carbocycles. The van der Waals surface area contributed by atoms with E-state index in [4.69, 9.17) is 18.4 Å². The summed E-state index contributed by atoms with van der Waals surface area (Å²) in [7, 11) is -0.823. The van der Waals surface area contributed by atoms with E-state index in [-0.39, 0.29) is 4.90 Å². The smallest absolute Gasteiger partial charge is 0.297 e. The molecule has 1 aliphatic rings. The third-order valence-electron chi connectivity index (χ3n) is 3.73. The number of benzene rings is 1. The first-order valence-electron chi connectivity index (χ1n) is 7.08. The van der Waals surface area contributed by atoms with E-state index >= 15 is 0 Å². The molecule has 1 heterocycles. The second kappa shape index (κ2) is 7.06. The normalized spacial score (nSPS) is 29.5. The summed E-state index contributed by atoms with van der Waals surface area (Å²) in [6.07, 6.45) is -1.63. The second-order valence-electron chi connectivity index (χ2n) is 5.34. The Morgan fingerprint density at radius 3 is 2.32 bits per heavy atom. The van der Waals surface area contributed by atoms with Crippen molar-refractivity contribution in [1.82, 2.24) is 0 Å². The van der Waals surface area contributed by atoms with Crippen molar-refractivity contribution in [2.75, 3.05) is 14.2 Å². The standard InChI is InChI=1S/C15H22O6S/c1-10-5-7-12(8-6-10)22(16,17)21-15-11(2)20-14(19-4)9-13(15)18-3/h5-8,11,13-15H,9H2,1-4H3/t11-,13+,14+,15-/m1/s1. The summed E-state index contributed by atoms with van der Waals surface area (Å²) >= 11 is 0. The predicted molar refractivity (Wildman–Crippen MR) is 80.0 cm³/mol. The van der Waals surface area contributed by atoms with E-state index in [9.17, 15) is 8.42 Å². The third-order valence-corrected chi connectivity index (χ3v) is 5.06. The van der Waals surface area contributed by atoms with Gasteiger partial charge in [0.25, 0.3) is 10.1 Å². The van der Waals surface area contributed by atoms with Crippen LogP contribution >= 0.6 is 0 Å². The van der Waals surface area contributed by atoms with E-state index in [1.807, 2.05) is 6.92 Å². The van der Waals surface area contributed by atoms with E-state index in [1.165, 1.54) is 26.4 Å². The maximum Gasteiger partial charge on any atom is 0.297 e. The Labute approximate surface area is 131 Å². The van der Waals surface area contributed by atoms with E-state index in [1.54, 1.807) is 19.1 Å². The van der Waals surface area contributed by atoms with Crippen LogP contribution in [0.2, 0.25) is 0 Å². The summed E-state index contributed by atoms with van der Waals surface area (Å²) in [4.78, 5) is 0.119. The maximum absolute atomic E-state index is 12.4. The van der Waals surface area contributed by atoms with Gasteiger partial charge in [0.2, 0.25) is 0 Å². The van der Waals surface area contributed by atoms with Gasteiger partial charge in [-0.25, -0.2) is 0 Å². The molecule has 1 saturated heterocycles. The zero-order valence-electron chi connectivity index (χ0n) is 13.2. The van der Waals surface area contributed by atoms with E-state index in [0.717, 1.165) is 5.56 Å². The van der Waals surface area contributed by atoms with Crippen LogP contribution in [-0.4, -0.2) is 47.2 Å². The highest BCUT2D eigenvalue weighted by Gasteiger charge is 2.40. The number of hydrogen-bond donors (Lipinski definition) is 0. The SMILES string of the molecule is CO[C@@H]1C[C@H](OC)[C@H](OS(=O)(=O)c2ccc(C)cc2)[C@@H](C)O1. The van der Waals surface area contributed by atoms with Crippen molar-refractivity contribution >= 4 is 10.1 Å². The van der Waals surface area contributed by atoms with Gasteiger partial charge in [0, 0.05) is 20.6 Å². The number of rotatable bonds is 5. The zero-order chi connectivity index (χ0) is 16.3. The van der Waals surface area contributed by atoms with Crippen molar-refractivity contribution in [1.29, 1.82) is 0 Å². The van der Waals surface area contributed by atoms with Crippen LogP contribution in [0, 0.1) is 6.92 Å². The Kier molecular flexibility index (Phi) is 5.57. The highest BCUT2D eigenvalue weighted by atomic mass is 32.2. The van der Waals surface area contributed by atoms with Crippen LogP contribution in [0.25, 0.3) is 0 Å². The van der Waals surface area contributed by atoms with Crippen molar-refractivity contribution in [2.45, 2.75) is 49.8 Å². The molecule has 0 radical (unpaired) electrons. The molecule has 0 aromatic heterocycles. The van der Waals surface area contributed by atoms with Gasteiger partial charge in [0.1, 0.15) is 6.10 Å². The highest BCUT2D eigenvalue weighted by molar-refractivity contribution is 7.86. The van der Waals surface area contributed by atoms with Gasteiger partial charge in [-0.05, 0) is 26.0 Å². The largest absolute Gasteiger partial charge is 0.378 e. The van der Waals surface area contributed by atoms with Gasteiger partial charge in [0.15, 0.2) is 6.29 Å². The summed E-state index contributed by atoms with van der Waals surface area (Å²) in [6, 6.07) is 6.51. The van der Waals surface area contributed by atoms with Crippen LogP contribution < -0.4 is 0 Å². The Bertz CT molecular complexity index is 583. The van der Waals surface area contributed by atoms with Crippen molar-refractivity contribution in [2.24, 2.45) is 0 Å². The van der Waals surface area contributed by atoms with Crippen LogP contribution in [0.15, 0.2) is 29.2 Å². The van der Waals surface area contributed by atoms with Crippen LogP contribution in [-0.2, 0) is 28.5 Å². The van der Waals surface area contributed by atoms with E-state index < -0.39 is 34.7 Å². The van der Waals surface area contributed by atoms with Crippen LogP contribution in [0.4, 0.5) is 0 Å². The predicted octanol–water partition coefficient (Wildman–Crippen LogP) is 1.87. The summed E-state index contributed by atoms with van der Waals surface area (Å²) in [5, 5.41) is 0. The van der Waals surface area contributed by atoms with Crippen molar-refractivity contribution in [3.63, 3.8) is 0 Å². The summed E-state index contributed by atoms with van der Waals surface area (Å²) in [6.45, 7) is 3.63. The molecule has 2 rings (SSSR count). The fraction of sp³-hybridized carbons (Fsp3) is 0.600. The molecule has 0 spiro atoms. The molecule has 1 aromatic carbocycles. The molecule has 0 N–H and O–H groups in total. The Morgan fingerprint density at radius 1 is 1.14 bits per heavy atom. The van der Waals surface area contributed by atoms with E-state index in [2.05, 4.69) is 0 Å². The monoisotopic (exact) mass is 330 g/mol. The average molecular weight is 330 g/mol. The quantitative estimate of drug-likeness (QED) is 0.768. The Balaban J connectivity index is 2.18. The minimum atomic E-state index is -3.88. The van der Waals surface area contributed by atoms with Crippen molar-refractivity contribution < 1.29 is 26.8 Å². The first-order valence-corrected chi connectivity index (χ1v) is 8.49. The first-order chi connectivity index (χ1) is 10.4. The lowest BCUT2D eigenvalue weighted by atomic mass is 10.0. The molecule has 7 heteroatoms. The molecule has 1 fully saturated rings. The fourth-order valence-corrected chi connectivity index (χ4v) is 3.58. The zero-order valence-corrected chi connectivity index (χ0v) is 14.0. The van der Waals surface area contributed by atoms with Gasteiger partial charge in [-0.3, -0.25) is 4.18 Å².